The van der Waals surface area contributed by atoms with Crippen LogP contribution in [0.5, 0.6) is 0 Å². The number of imidazole rings is 1. The van der Waals surface area contributed by atoms with Crippen LogP contribution >= 0.6 is 0 Å². The van der Waals surface area contributed by atoms with Crippen LogP contribution in [0, 0.1) is 20.8 Å². The smallest absolute Gasteiger partial charge is 0.255 e. The second-order valence-electron chi connectivity index (χ2n) is 8.51. The third-order valence-corrected chi connectivity index (χ3v) is 6.40. The minimum Gasteiger partial charge on any atom is -0.394 e. The number of carbonyl (C=O) groups is 1. The molecule has 2 aromatic heterocycles. The van der Waals surface area contributed by atoms with Gasteiger partial charge in [-0.05, 0) is 53.0 Å². The maximum absolute atomic E-state index is 13.2. The van der Waals surface area contributed by atoms with Crippen LogP contribution in [0.1, 0.15) is 71.4 Å². The number of aliphatic hydroxyl groups is 1. The fourth-order valence-electron chi connectivity index (χ4n) is 4.66. The van der Waals surface area contributed by atoms with Gasteiger partial charge in [-0.25, -0.2) is 4.98 Å². The molecule has 0 aromatic carbocycles. The van der Waals surface area contributed by atoms with E-state index in [0.717, 1.165) is 74.0 Å². The average Bonchev–Trinajstić information content (AvgIpc) is 3.27. The molecule has 0 aliphatic carbocycles. The summed E-state index contributed by atoms with van der Waals surface area (Å²) in [5.41, 5.74) is 4.05. The fourth-order valence-corrected chi connectivity index (χ4v) is 4.66. The Morgan fingerprint density at radius 1 is 1.27 bits per heavy atom. The van der Waals surface area contributed by atoms with Gasteiger partial charge < -0.3 is 23.9 Å². The zero-order chi connectivity index (χ0) is 21.8. The largest absolute Gasteiger partial charge is 0.394 e. The highest BCUT2D eigenvalue weighted by atomic mass is 16.5. The molecule has 7 nitrogen and oxygen atoms in total. The van der Waals surface area contributed by atoms with Crippen molar-refractivity contribution in [3.63, 3.8) is 0 Å². The molecule has 1 aliphatic rings. The lowest BCUT2D eigenvalue weighted by Gasteiger charge is -2.32. The number of hydrogen-bond donors (Lipinski definition) is 1. The molecule has 0 saturated carbocycles. The molecule has 1 N–H and O–H groups in total. The van der Waals surface area contributed by atoms with Crippen LogP contribution in [0.15, 0.2) is 12.3 Å². The van der Waals surface area contributed by atoms with E-state index >= 15 is 0 Å². The van der Waals surface area contributed by atoms with Gasteiger partial charge in [-0.1, -0.05) is 0 Å². The number of aliphatic hydroxyl groups excluding tert-OH is 1. The van der Waals surface area contributed by atoms with Crippen molar-refractivity contribution in [2.24, 2.45) is 0 Å². The molecule has 7 heteroatoms. The molecule has 2 aromatic rings. The number of nitrogens with zero attached hydrogens (tertiary/aromatic N) is 4. The number of rotatable bonds is 8. The fraction of sp³-hybridized carbons (Fsp3) is 0.652. The zero-order valence-corrected chi connectivity index (χ0v) is 19.0. The van der Waals surface area contributed by atoms with Gasteiger partial charge in [0.1, 0.15) is 5.82 Å². The first-order valence-electron chi connectivity index (χ1n) is 11.0. The van der Waals surface area contributed by atoms with Crippen molar-refractivity contribution in [3.05, 3.63) is 40.7 Å². The lowest BCUT2D eigenvalue weighted by Crippen LogP contribution is -2.38. The number of likely N-dealkylation sites (tertiary alicyclic amines) is 1. The van der Waals surface area contributed by atoms with Crippen molar-refractivity contribution in [2.75, 3.05) is 33.4 Å². The highest BCUT2D eigenvalue weighted by Crippen LogP contribution is 2.31. The van der Waals surface area contributed by atoms with Gasteiger partial charge in [0.25, 0.3) is 5.91 Å². The Balaban J connectivity index is 1.67. The molecule has 166 valence electrons. The minimum atomic E-state index is 0.0191. The third-order valence-electron chi connectivity index (χ3n) is 6.40. The summed E-state index contributed by atoms with van der Waals surface area (Å²) in [5, 5.41) is 9.60. The molecule has 0 spiro atoms. The van der Waals surface area contributed by atoms with Gasteiger partial charge in [-0.15, -0.1) is 0 Å². The molecular weight excluding hydrogens is 380 g/mol. The second kappa shape index (κ2) is 9.79. The number of amides is 1. The molecule has 0 unspecified atom stereocenters. The molecule has 1 fully saturated rings. The molecule has 0 radical (unpaired) electrons. The zero-order valence-electron chi connectivity index (χ0n) is 19.0. The van der Waals surface area contributed by atoms with Crippen LogP contribution in [-0.4, -0.2) is 63.4 Å². The Morgan fingerprint density at radius 3 is 2.60 bits per heavy atom. The molecule has 0 bridgehead atoms. The number of carbonyl (C=O) groups excluding carboxylic acids is 1. The summed E-state index contributed by atoms with van der Waals surface area (Å²) in [6.45, 7) is 11.3. The number of ether oxygens (including phenoxy) is 1. The van der Waals surface area contributed by atoms with E-state index in [0.29, 0.717) is 5.92 Å². The van der Waals surface area contributed by atoms with E-state index in [2.05, 4.69) is 21.0 Å². The SMILES string of the molecule is COCCCn1c(C)cc(C(=O)N2CCC(c3ncc(C)n3[C@H](C)CO)CC2)c1C. The summed E-state index contributed by atoms with van der Waals surface area (Å²) in [6.07, 6.45) is 4.61. The lowest BCUT2D eigenvalue weighted by atomic mass is 9.95. The number of methoxy groups -OCH3 is 1. The van der Waals surface area contributed by atoms with Gasteiger partial charge in [-0.2, -0.15) is 0 Å². The van der Waals surface area contributed by atoms with Crippen molar-refractivity contribution in [3.8, 4) is 0 Å². The molecule has 3 rings (SSSR count). The molecule has 30 heavy (non-hydrogen) atoms. The highest BCUT2D eigenvalue weighted by molar-refractivity contribution is 5.95. The van der Waals surface area contributed by atoms with Crippen LogP contribution in [0.25, 0.3) is 0 Å². The Morgan fingerprint density at radius 2 is 1.97 bits per heavy atom. The van der Waals surface area contributed by atoms with Crippen LogP contribution in [0.2, 0.25) is 0 Å². The van der Waals surface area contributed by atoms with E-state index in [1.54, 1.807) is 7.11 Å². The first-order valence-corrected chi connectivity index (χ1v) is 11.0. The lowest BCUT2D eigenvalue weighted by molar-refractivity contribution is 0.0708. The quantitative estimate of drug-likeness (QED) is 0.671. The molecule has 1 atom stereocenters. The van der Waals surface area contributed by atoms with Crippen molar-refractivity contribution in [2.45, 2.75) is 65.5 Å². The van der Waals surface area contributed by atoms with E-state index in [-0.39, 0.29) is 18.6 Å². The third kappa shape index (κ3) is 4.47. The Labute approximate surface area is 179 Å². The van der Waals surface area contributed by atoms with Crippen molar-refractivity contribution >= 4 is 5.91 Å². The van der Waals surface area contributed by atoms with Crippen molar-refractivity contribution < 1.29 is 14.6 Å². The maximum atomic E-state index is 13.2. The van der Waals surface area contributed by atoms with Crippen molar-refractivity contribution in [1.82, 2.24) is 19.0 Å². The van der Waals surface area contributed by atoms with Crippen LogP contribution < -0.4 is 0 Å². The van der Waals surface area contributed by atoms with Crippen LogP contribution in [0.4, 0.5) is 0 Å². The maximum Gasteiger partial charge on any atom is 0.255 e. The first-order chi connectivity index (χ1) is 14.4. The van der Waals surface area contributed by atoms with E-state index in [1.165, 1.54) is 0 Å². The van der Waals surface area contributed by atoms with Gasteiger partial charge in [0, 0.05) is 62.5 Å². The first kappa shape index (κ1) is 22.6. The van der Waals surface area contributed by atoms with Crippen LogP contribution in [-0.2, 0) is 11.3 Å². The summed E-state index contributed by atoms with van der Waals surface area (Å²) >= 11 is 0. The highest BCUT2D eigenvalue weighted by Gasteiger charge is 2.29. The van der Waals surface area contributed by atoms with Gasteiger partial charge in [-0.3, -0.25) is 4.79 Å². The number of hydrogen-bond acceptors (Lipinski definition) is 4. The standard InChI is InChI=1S/C23H36N4O3/c1-16-13-21(19(4)26(16)9-6-12-30-5)23(29)25-10-7-20(8-11-25)22-24-14-17(2)27(22)18(3)15-28/h13-14,18,20,28H,6-12,15H2,1-5H3/t18-/m1/s1. The molecule has 1 amide bonds. The predicted octanol–water partition coefficient (Wildman–Crippen LogP) is 3.22. The molecule has 3 heterocycles. The van der Waals surface area contributed by atoms with Crippen molar-refractivity contribution in [1.29, 1.82) is 0 Å². The molecule has 1 saturated heterocycles. The van der Waals surface area contributed by atoms with Crippen LogP contribution in [0.3, 0.4) is 0 Å². The summed E-state index contributed by atoms with van der Waals surface area (Å²) in [5.74, 6) is 1.48. The monoisotopic (exact) mass is 416 g/mol. The summed E-state index contributed by atoms with van der Waals surface area (Å²) in [4.78, 5) is 19.8. The Bertz CT molecular complexity index is 862. The second-order valence-corrected chi connectivity index (χ2v) is 8.51. The summed E-state index contributed by atoms with van der Waals surface area (Å²) in [6, 6.07) is 2.04. The van der Waals surface area contributed by atoms with E-state index in [4.69, 9.17) is 4.74 Å². The molecular formula is C23H36N4O3. The number of aromatic nitrogens is 3. The summed E-state index contributed by atoms with van der Waals surface area (Å²) < 4.78 is 9.53. The Hall–Kier alpha value is -2.12. The predicted molar refractivity (Wildman–Crippen MR) is 117 cm³/mol. The van der Waals surface area contributed by atoms with Gasteiger partial charge >= 0.3 is 0 Å². The topological polar surface area (TPSA) is 72.5 Å². The van der Waals surface area contributed by atoms with Gasteiger partial charge in [0.05, 0.1) is 18.2 Å². The summed E-state index contributed by atoms with van der Waals surface area (Å²) in [7, 11) is 1.71. The molecule has 1 aliphatic heterocycles. The number of aryl methyl sites for hydroxylation is 2. The normalized spacial score (nSPS) is 16.3. The van der Waals surface area contributed by atoms with E-state index in [9.17, 15) is 9.90 Å². The van der Waals surface area contributed by atoms with E-state index < -0.39 is 0 Å². The minimum absolute atomic E-state index is 0.0191. The van der Waals surface area contributed by atoms with Gasteiger partial charge in [0.2, 0.25) is 0 Å². The van der Waals surface area contributed by atoms with E-state index in [1.807, 2.05) is 37.9 Å². The Kier molecular flexibility index (Phi) is 7.36. The number of piperidine rings is 1. The van der Waals surface area contributed by atoms with Gasteiger partial charge in [0.15, 0.2) is 0 Å². The average molecular weight is 417 g/mol.